The van der Waals surface area contributed by atoms with Gasteiger partial charge in [0.2, 0.25) is 0 Å². The van der Waals surface area contributed by atoms with Crippen molar-refractivity contribution in [3.05, 3.63) is 35.4 Å². The molecule has 0 saturated heterocycles. The number of aryl methyl sites for hydroxylation is 1. The topological polar surface area (TPSA) is 39.7 Å². The molecule has 0 aromatic heterocycles. The van der Waals surface area contributed by atoms with Crippen molar-refractivity contribution in [2.24, 2.45) is 0 Å². The average Bonchev–Trinajstić information content (AvgIpc) is 2.43. The van der Waals surface area contributed by atoms with Crippen LogP contribution in [0, 0.1) is 6.92 Å². The number of hydrogen-bond acceptors (Lipinski definition) is 4. The first kappa shape index (κ1) is 16.1. The molecule has 0 bridgehead atoms. The molecule has 1 N–H and O–H groups in total. The van der Waals surface area contributed by atoms with Gasteiger partial charge >= 0.3 is 0 Å². The molecule has 19 heavy (non-hydrogen) atoms. The van der Waals surface area contributed by atoms with E-state index in [0.717, 1.165) is 13.1 Å². The molecule has 0 saturated carbocycles. The maximum atomic E-state index is 5.45. The minimum atomic E-state index is 0.626. The lowest BCUT2D eigenvalue weighted by Gasteiger charge is -2.08. The average molecular weight is 267 g/mol. The predicted molar refractivity (Wildman–Crippen MR) is 76.4 cm³/mol. The highest BCUT2D eigenvalue weighted by Crippen LogP contribution is 2.05. The van der Waals surface area contributed by atoms with Crippen molar-refractivity contribution in [2.45, 2.75) is 13.5 Å². The summed E-state index contributed by atoms with van der Waals surface area (Å²) in [5.74, 6) is 0. The Morgan fingerprint density at radius 3 is 2.37 bits per heavy atom. The van der Waals surface area contributed by atoms with Crippen LogP contribution in [-0.2, 0) is 20.8 Å². The molecule has 1 rings (SSSR count). The van der Waals surface area contributed by atoms with Crippen molar-refractivity contribution in [3.63, 3.8) is 0 Å². The zero-order valence-electron chi connectivity index (χ0n) is 12.0. The van der Waals surface area contributed by atoms with Crippen LogP contribution < -0.4 is 5.32 Å². The van der Waals surface area contributed by atoms with Gasteiger partial charge in [0, 0.05) is 20.2 Å². The summed E-state index contributed by atoms with van der Waals surface area (Å²) in [6, 6.07) is 8.40. The molecule has 1 aromatic carbocycles. The minimum Gasteiger partial charge on any atom is -0.382 e. The summed E-state index contributed by atoms with van der Waals surface area (Å²) in [6.45, 7) is 7.11. The lowest BCUT2D eigenvalue weighted by Crippen LogP contribution is -2.20. The van der Waals surface area contributed by atoms with E-state index in [0.29, 0.717) is 33.0 Å². The van der Waals surface area contributed by atoms with Crippen LogP contribution in [0.15, 0.2) is 24.3 Å². The molecule has 108 valence electrons. The second-order valence-electron chi connectivity index (χ2n) is 4.32. The van der Waals surface area contributed by atoms with E-state index in [1.54, 1.807) is 7.11 Å². The zero-order chi connectivity index (χ0) is 13.8. The number of hydrogen-bond donors (Lipinski definition) is 1. The second-order valence-corrected chi connectivity index (χ2v) is 4.32. The van der Waals surface area contributed by atoms with E-state index in [9.17, 15) is 0 Å². The summed E-state index contributed by atoms with van der Waals surface area (Å²) in [5.41, 5.74) is 2.66. The lowest BCUT2D eigenvalue weighted by molar-refractivity contribution is 0.0255. The van der Waals surface area contributed by atoms with Crippen molar-refractivity contribution in [2.75, 3.05) is 46.7 Å². The summed E-state index contributed by atoms with van der Waals surface area (Å²) in [5, 5.41) is 3.37. The fourth-order valence-electron chi connectivity index (χ4n) is 1.64. The molecule has 1 aromatic rings. The monoisotopic (exact) mass is 267 g/mol. The van der Waals surface area contributed by atoms with Gasteiger partial charge in [0.25, 0.3) is 0 Å². The van der Waals surface area contributed by atoms with Crippen LogP contribution >= 0.6 is 0 Å². The Labute approximate surface area is 116 Å². The highest BCUT2D eigenvalue weighted by Gasteiger charge is 1.96. The maximum absolute atomic E-state index is 5.45. The van der Waals surface area contributed by atoms with Crippen molar-refractivity contribution >= 4 is 0 Å². The molecule has 0 unspecified atom stereocenters. The smallest absolute Gasteiger partial charge is 0.0701 e. The first-order valence-electron chi connectivity index (χ1n) is 6.74. The van der Waals surface area contributed by atoms with E-state index in [1.165, 1.54) is 11.1 Å². The molecule has 0 aliphatic rings. The number of rotatable bonds is 11. The molecule has 0 atom stereocenters. The Kier molecular flexibility index (Phi) is 9.27. The Morgan fingerprint density at radius 2 is 1.63 bits per heavy atom. The van der Waals surface area contributed by atoms with Gasteiger partial charge < -0.3 is 19.5 Å². The van der Waals surface area contributed by atoms with Crippen LogP contribution in [-0.4, -0.2) is 46.7 Å². The Balaban J connectivity index is 1.90. The van der Waals surface area contributed by atoms with Crippen LogP contribution in [0.25, 0.3) is 0 Å². The number of ether oxygens (including phenoxy) is 3. The second kappa shape index (κ2) is 10.9. The first-order valence-corrected chi connectivity index (χ1v) is 6.74. The van der Waals surface area contributed by atoms with Crippen LogP contribution in [0.4, 0.5) is 0 Å². The van der Waals surface area contributed by atoms with Gasteiger partial charge in [-0.15, -0.1) is 0 Å². The Morgan fingerprint density at radius 1 is 0.947 bits per heavy atom. The quantitative estimate of drug-likeness (QED) is 0.620. The summed E-state index contributed by atoms with van der Waals surface area (Å²) in [7, 11) is 1.67. The normalized spacial score (nSPS) is 10.8. The van der Waals surface area contributed by atoms with Gasteiger partial charge in [-0.3, -0.25) is 0 Å². The van der Waals surface area contributed by atoms with E-state index in [2.05, 4.69) is 36.5 Å². The third-order valence-electron chi connectivity index (χ3n) is 2.80. The lowest BCUT2D eigenvalue weighted by atomic mass is 10.1. The van der Waals surface area contributed by atoms with Gasteiger partial charge in [-0.2, -0.15) is 0 Å². The Bertz CT molecular complexity index is 331. The molecule has 0 amide bonds. The van der Waals surface area contributed by atoms with Gasteiger partial charge in [-0.1, -0.05) is 24.3 Å². The van der Waals surface area contributed by atoms with Crippen LogP contribution in [0.1, 0.15) is 11.1 Å². The minimum absolute atomic E-state index is 0.626. The molecule has 4 heteroatoms. The van der Waals surface area contributed by atoms with Gasteiger partial charge in [0.1, 0.15) is 0 Å². The molecular weight excluding hydrogens is 242 g/mol. The zero-order valence-corrected chi connectivity index (χ0v) is 12.0. The fourth-order valence-corrected chi connectivity index (χ4v) is 1.64. The molecule has 0 heterocycles. The van der Waals surface area contributed by atoms with E-state index in [4.69, 9.17) is 14.2 Å². The molecule has 0 radical (unpaired) electrons. The van der Waals surface area contributed by atoms with Crippen molar-refractivity contribution in [1.82, 2.24) is 5.32 Å². The van der Waals surface area contributed by atoms with Crippen molar-refractivity contribution < 1.29 is 14.2 Å². The number of benzene rings is 1. The highest BCUT2D eigenvalue weighted by atomic mass is 16.5. The summed E-state index contributed by atoms with van der Waals surface area (Å²) in [6.07, 6.45) is 0. The molecule has 0 aliphatic carbocycles. The molecular formula is C15H25NO3. The van der Waals surface area contributed by atoms with Gasteiger partial charge in [-0.25, -0.2) is 0 Å². The number of nitrogens with one attached hydrogen (secondary N) is 1. The fraction of sp³-hybridized carbons (Fsp3) is 0.600. The molecule has 0 spiro atoms. The standard InChI is InChI=1S/C15H25NO3/c1-14-5-3-4-6-15(14)13-16-7-8-18-11-12-19-10-9-17-2/h3-6,16H,7-13H2,1-2H3. The van der Waals surface area contributed by atoms with Crippen LogP contribution in [0.5, 0.6) is 0 Å². The van der Waals surface area contributed by atoms with Gasteiger partial charge in [0.05, 0.1) is 33.0 Å². The third kappa shape index (κ3) is 7.95. The third-order valence-corrected chi connectivity index (χ3v) is 2.80. The summed E-state index contributed by atoms with van der Waals surface area (Å²) in [4.78, 5) is 0. The summed E-state index contributed by atoms with van der Waals surface area (Å²) < 4.78 is 15.6. The van der Waals surface area contributed by atoms with E-state index < -0.39 is 0 Å². The molecule has 0 aliphatic heterocycles. The van der Waals surface area contributed by atoms with E-state index >= 15 is 0 Å². The van der Waals surface area contributed by atoms with E-state index in [1.807, 2.05) is 0 Å². The first-order chi connectivity index (χ1) is 9.34. The van der Waals surface area contributed by atoms with Gasteiger partial charge in [-0.05, 0) is 18.1 Å². The SMILES string of the molecule is COCCOCCOCCNCc1ccccc1C. The van der Waals surface area contributed by atoms with Crippen molar-refractivity contribution in [1.29, 1.82) is 0 Å². The molecule has 0 fully saturated rings. The van der Waals surface area contributed by atoms with Gasteiger partial charge in [0.15, 0.2) is 0 Å². The predicted octanol–water partition coefficient (Wildman–Crippen LogP) is 1.76. The van der Waals surface area contributed by atoms with E-state index in [-0.39, 0.29) is 0 Å². The largest absolute Gasteiger partial charge is 0.382 e. The van der Waals surface area contributed by atoms with Crippen LogP contribution in [0.3, 0.4) is 0 Å². The van der Waals surface area contributed by atoms with Crippen LogP contribution in [0.2, 0.25) is 0 Å². The summed E-state index contributed by atoms with van der Waals surface area (Å²) >= 11 is 0. The highest BCUT2D eigenvalue weighted by molar-refractivity contribution is 5.25. The maximum Gasteiger partial charge on any atom is 0.0701 e. The molecule has 4 nitrogen and oxygen atoms in total. The Hall–Kier alpha value is -0.940. The van der Waals surface area contributed by atoms with Crippen molar-refractivity contribution in [3.8, 4) is 0 Å². The number of methoxy groups -OCH3 is 1.